The van der Waals surface area contributed by atoms with Gasteiger partial charge in [-0.15, -0.1) is 0 Å². The van der Waals surface area contributed by atoms with Crippen molar-refractivity contribution in [1.29, 1.82) is 0 Å². The molecule has 0 N–H and O–H groups in total. The van der Waals surface area contributed by atoms with Gasteiger partial charge in [-0.3, -0.25) is 0 Å². The van der Waals surface area contributed by atoms with E-state index < -0.39 is 5.97 Å². The summed E-state index contributed by atoms with van der Waals surface area (Å²) in [4.78, 5) is 16.4. The summed E-state index contributed by atoms with van der Waals surface area (Å²) < 4.78 is 20.6. The third kappa shape index (κ3) is 3.78. The molecule has 0 atom stereocenters. The molecule has 0 radical (unpaired) electrons. The van der Waals surface area contributed by atoms with Gasteiger partial charge in [0.2, 0.25) is 5.82 Å². The zero-order valence-electron chi connectivity index (χ0n) is 14.1. The summed E-state index contributed by atoms with van der Waals surface area (Å²) >= 11 is 6.09. The molecule has 0 fully saturated rings. The Labute approximate surface area is 154 Å². The lowest BCUT2D eigenvalue weighted by molar-refractivity contribution is 0.0429. The van der Waals surface area contributed by atoms with Crippen LogP contribution in [-0.4, -0.2) is 30.3 Å². The van der Waals surface area contributed by atoms with Gasteiger partial charge in [0, 0.05) is 5.56 Å². The maximum Gasteiger partial charge on any atom is 0.338 e. The monoisotopic (exact) mass is 374 g/mol. The molecule has 2 aromatic carbocycles. The SMILES string of the molecule is COc1cc(C(=O)OCc2nc(-c3ccccc3)no2)cc(Cl)c1OC. The van der Waals surface area contributed by atoms with E-state index in [4.69, 9.17) is 30.3 Å². The standard InChI is InChI=1S/C18H15ClN2O5/c1-23-14-9-12(8-13(19)16(14)24-2)18(22)25-10-15-20-17(21-26-15)11-6-4-3-5-7-11/h3-9H,10H2,1-2H3. The minimum absolute atomic E-state index is 0.162. The molecular weight excluding hydrogens is 360 g/mol. The predicted molar refractivity (Wildman–Crippen MR) is 93.4 cm³/mol. The van der Waals surface area contributed by atoms with Gasteiger partial charge in [0.1, 0.15) is 0 Å². The van der Waals surface area contributed by atoms with Gasteiger partial charge < -0.3 is 18.7 Å². The molecule has 0 saturated heterocycles. The molecule has 8 heteroatoms. The molecule has 0 aliphatic heterocycles. The number of carbonyl (C=O) groups excluding carboxylic acids is 1. The first kappa shape index (κ1) is 17.8. The highest BCUT2D eigenvalue weighted by molar-refractivity contribution is 6.32. The molecule has 0 saturated carbocycles. The quantitative estimate of drug-likeness (QED) is 0.607. The van der Waals surface area contributed by atoms with E-state index in [0.717, 1.165) is 5.56 Å². The second kappa shape index (κ2) is 7.88. The van der Waals surface area contributed by atoms with Crippen molar-refractivity contribution in [2.45, 2.75) is 6.61 Å². The number of esters is 1. The summed E-state index contributed by atoms with van der Waals surface area (Å²) in [6, 6.07) is 12.3. The Morgan fingerprint density at radius 3 is 2.62 bits per heavy atom. The van der Waals surface area contributed by atoms with Crippen molar-refractivity contribution < 1.29 is 23.5 Å². The van der Waals surface area contributed by atoms with E-state index in [9.17, 15) is 4.79 Å². The van der Waals surface area contributed by atoms with Crippen LogP contribution in [0.2, 0.25) is 5.02 Å². The van der Waals surface area contributed by atoms with Gasteiger partial charge in [-0.05, 0) is 12.1 Å². The fourth-order valence-corrected chi connectivity index (χ4v) is 2.55. The Kier molecular flexibility index (Phi) is 5.38. The molecular formula is C18H15ClN2O5. The predicted octanol–water partition coefficient (Wildman–Crippen LogP) is 3.76. The number of ether oxygens (including phenoxy) is 3. The van der Waals surface area contributed by atoms with Crippen LogP contribution in [0, 0.1) is 0 Å². The van der Waals surface area contributed by atoms with Crippen LogP contribution < -0.4 is 9.47 Å². The maximum absolute atomic E-state index is 12.2. The van der Waals surface area contributed by atoms with Gasteiger partial charge in [0.15, 0.2) is 18.1 Å². The number of methoxy groups -OCH3 is 2. The van der Waals surface area contributed by atoms with Crippen molar-refractivity contribution in [3.05, 3.63) is 58.9 Å². The van der Waals surface area contributed by atoms with Crippen molar-refractivity contribution in [2.75, 3.05) is 14.2 Å². The van der Waals surface area contributed by atoms with Gasteiger partial charge >= 0.3 is 5.97 Å². The lowest BCUT2D eigenvalue weighted by atomic mass is 10.2. The zero-order chi connectivity index (χ0) is 18.5. The lowest BCUT2D eigenvalue weighted by Gasteiger charge is -2.11. The van der Waals surface area contributed by atoms with Crippen molar-refractivity contribution in [3.8, 4) is 22.9 Å². The number of hydrogen-bond donors (Lipinski definition) is 0. The molecule has 134 valence electrons. The molecule has 3 aromatic rings. The zero-order valence-corrected chi connectivity index (χ0v) is 14.8. The minimum atomic E-state index is -0.604. The molecule has 0 unspecified atom stereocenters. The summed E-state index contributed by atoms with van der Waals surface area (Å²) in [7, 11) is 2.91. The molecule has 0 aliphatic carbocycles. The van der Waals surface area contributed by atoms with Crippen LogP contribution in [0.25, 0.3) is 11.4 Å². The highest BCUT2D eigenvalue weighted by Crippen LogP contribution is 2.36. The number of rotatable bonds is 6. The van der Waals surface area contributed by atoms with E-state index >= 15 is 0 Å². The van der Waals surface area contributed by atoms with E-state index in [0.29, 0.717) is 17.3 Å². The third-order valence-corrected chi connectivity index (χ3v) is 3.78. The van der Waals surface area contributed by atoms with Crippen LogP contribution in [0.3, 0.4) is 0 Å². The van der Waals surface area contributed by atoms with Gasteiger partial charge in [0.05, 0.1) is 24.8 Å². The number of benzene rings is 2. The normalized spacial score (nSPS) is 10.4. The van der Waals surface area contributed by atoms with Crippen molar-refractivity contribution in [2.24, 2.45) is 0 Å². The number of hydrogen-bond acceptors (Lipinski definition) is 7. The smallest absolute Gasteiger partial charge is 0.338 e. The molecule has 0 bridgehead atoms. The minimum Gasteiger partial charge on any atom is -0.493 e. The fourth-order valence-electron chi connectivity index (χ4n) is 2.26. The molecule has 0 spiro atoms. The first-order chi connectivity index (χ1) is 12.6. The molecule has 1 heterocycles. The topological polar surface area (TPSA) is 83.7 Å². The number of aromatic nitrogens is 2. The number of carbonyl (C=O) groups is 1. The largest absolute Gasteiger partial charge is 0.493 e. The van der Waals surface area contributed by atoms with E-state index in [-0.39, 0.29) is 23.1 Å². The molecule has 0 amide bonds. The first-order valence-electron chi connectivity index (χ1n) is 7.59. The van der Waals surface area contributed by atoms with E-state index in [1.165, 1.54) is 26.4 Å². The first-order valence-corrected chi connectivity index (χ1v) is 7.97. The summed E-state index contributed by atoms with van der Waals surface area (Å²) in [5.74, 6) is 0.674. The van der Waals surface area contributed by atoms with Crippen molar-refractivity contribution >= 4 is 17.6 Å². The molecule has 7 nitrogen and oxygen atoms in total. The summed E-state index contributed by atoms with van der Waals surface area (Å²) in [5.41, 5.74) is 1.02. The molecule has 0 aliphatic rings. The van der Waals surface area contributed by atoms with E-state index in [1.54, 1.807) is 0 Å². The van der Waals surface area contributed by atoms with Crippen LogP contribution in [0.4, 0.5) is 0 Å². The molecule has 26 heavy (non-hydrogen) atoms. The molecule has 1 aromatic heterocycles. The van der Waals surface area contributed by atoms with E-state index in [1.807, 2.05) is 30.3 Å². The average molecular weight is 375 g/mol. The van der Waals surface area contributed by atoms with Gasteiger partial charge in [0.25, 0.3) is 5.89 Å². The van der Waals surface area contributed by atoms with Crippen LogP contribution in [0.15, 0.2) is 47.0 Å². The Bertz CT molecular complexity index is 911. The van der Waals surface area contributed by atoms with Crippen LogP contribution in [0.1, 0.15) is 16.2 Å². The summed E-state index contributed by atoms with van der Waals surface area (Å²) in [6.45, 7) is -0.162. The third-order valence-electron chi connectivity index (χ3n) is 3.50. The van der Waals surface area contributed by atoms with Gasteiger partial charge in [-0.2, -0.15) is 4.98 Å². The highest BCUT2D eigenvalue weighted by atomic mass is 35.5. The Hall–Kier alpha value is -3.06. The number of halogens is 1. The average Bonchev–Trinajstić information content (AvgIpc) is 3.15. The molecule has 3 rings (SSSR count). The van der Waals surface area contributed by atoms with E-state index in [2.05, 4.69) is 10.1 Å². The lowest BCUT2D eigenvalue weighted by Crippen LogP contribution is -2.06. The second-order valence-electron chi connectivity index (χ2n) is 5.15. The Balaban J connectivity index is 1.70. The summed E-state index contributed by atoms with van der Waals surface area (Å²) in [6.07, 6.45) is 0. The van der Waals surface area contributed by atoms with Crippen LogP contribution in [0.5, 0.6) is 11.5 Å². The Morgan fingerprint density at radius 1 is 1.15 bits per heavy atom. The fraction of sp³-hybridized carbons (Fsp3) is 0.167. The second-order valence-corrected chi connectivity index (χ2v) is 5.55. The van der Waals surface area contributed by atoms with Gasteiger partial charge in [-0.1, -0.05) is 47.1 Å². The highest BCUT2D eigenvalue weighted by Gasteiger charge is 2.17. The van der Waals surface area contributed by atoms with Crippen molar-refractivity contribution in [1.82, 2.24) is 10.1 Å². The summed E-state index contributed by atoms with van der Waals surface area (Å²) in [5, 5.41) is 4.11. The number of nitrogens with zero attached hydrogens (tertiary/aromatic N) is 2. The van der Waals surface area contributed by atoms with Gasteiger partial charge in [-0.25, -0.2) is 4.79 Å². The van der Waals surface area contributed by atoms with Crippen LogP contribution in [-0.2, 0) is 11.3 Å². The van der Waals surface area contributed by atoms with Crippen LogP contribution >= 0.6 is 11.6 Å². The maximum atomic E-state index is 12.2. The van der Waals surface area contributed by atoms with Crippen molar-refractivity contribution in [3.63, 3.8) is 0 Å². The Morgan fingerprint density at radius 2 is 1.92 bits per heavy atom.